The van der Waals surface area contributed by atoms with Crippen LogP contribution in [-0.2, 0) is 16.1 Å². The van der Waals surface area contributed by atoms with Crippen molar-refractivity contribution in [2.45, 2.75) is 13.0 Å². The van der Waals surface area contributed by atoms with E-state index in [0.29, 0.717) is 11.3 Å². The van der Waals surface area contributed by atoms with Gasteiger partial charge < -0.3 is 10.6 Å². The highest BCUT2D eigenvalue weighted by Gasteiger charge is 2.19. The Kier molecular flexibility index (Phi) is 7.27. The number of primary amides is 1. The third-order valence-electron chi connectivity index (χ3n) is 3.92. The first-order chi connectivity index (χ1) is 12.8. The summed E-state index contributed by atoms with van der Waals surface area (Å²) in [5.74, 6) is -1.78. The number of likely N-dealkylation sites (N-methyl/N-ethyl adjacent to an activating group) is 1. The Morgan fingerprint density at radius 1 is 1.11 bits per heavy atom. The molecule has 2 N–H and O–H groups in total. The average Bonchev–Trinajstić information content (AvgIpc) is 2.59. The largest absolute Gasteiger partial charge is 0.370 e. The van der Waals surface area contributed by atoms with Gasteiger partial charge in [0.15, 0.2) is 0 Å². The smallest absolute Gasteiger partial charge is 0.241 e. The predicted molar refractivity (Wildman–Crippen MR) is 100 cm³/mol. The molecule has 0 heterocycles. The number of rotatable bonds is 8. The number of nitrogens with two attached hydrogens (primary N) is 1. The summed E-state index contributed by atoms with van der Waals surface area (Å²) in [6, 6.07) is 9.73. The van der Waals surface area contributed by atoms with E-state index in [-0.39, 0.29) is 37.0 Å². The van der Waals surface area contributed by atoms with E-state index in [0.717, 1.165) is 0 Å². The lowest BCUT2D eigenvalue weighted by atomic mass is 10.2. The fraction of sp³-hybridized carbons (Fsp3) is 0.263. The molecule has 8 heteroatoms. The zero-order chi connectivity index (χ0) is 20.0. The standard InChI is InChI=1S/C19H20ClF2N3O2/c1-24(11-15-16(20)3-2-4-17(15)22)12-19(27)25(10-9-18(23)26)14-7-5-13(21)6-8-14/h2-8H,9-12H2,1H3,(H2,23,26). The van der Waals surface area contributed by atoms with Gasteiger partial charge in [0.25, 0.3) is 0 Å². The van der Waals surface area contributed by atoms with E-state index in [9.17, 15) is 18.4 Å². The molecule has 0 aliphatic heterocycles. The lowest BCUT2D eigenvalue weighted by molar-refractivity contribution is -0.120. The molecule has 0 bridgehead atoms. The lowest BCUT2D eigenvalue weighted by Crippen LogP contribution is -2.40. The molecule has 0 aliphatic carbocycles. The zero-order valence-corrected chi connectivity index (χ0v) is 15.5. The van der Waals surface area contributed by atoms with Crippen LogP contribution in [0.4, 0.5) is 14.5 Å². The van der Waals surface area contributed by atoms with Gasteiger partial charge in [-0.15, -0.1) is 0 Å². The first-order valence-corrected chi connectivity index (χ1v) is 8.61. The molecule has 0 atom stereocenters. The van der Waals surface area contributed by atoms with Gasteiger partial charge in [0.05, 0.1) is 6.54 Å². The van der Waals surface area contributed by atoms with Crippen LogP contribution >= 0.6 is 11.6 Å². The number of hydrogen-bond donors (Lipinski definition) is 1. The van der Waals surface area contributed by atoms with Gasteiger partial charge in [-0.1, -0.05) is 17.7 Å². The van der Waals surface area contributed by atoms with Crippen LogP contribution in [0.5, 0.6) is 0 Å². The van der Waals surface area contributed by atoms with Crippen LogP contribution in [0.2, 0.25) is 5.02 Å². The van der Waals surface area contributed by atoms with E-state index in [1.807, 2.05) is 0 Å². The Morgan fingerprint density at radius 3 is 2.37 bits per heavy atom. The van der Waals surface area contributed by atoms with Gasteiger partial charge in [0.1, 0.15) is 11.6 Å². The Morgan fingerprint density at radius 2 is 1.78 bits per heavy atom. The van der Waals surface area contributed by atoms with Crippen LogP contribution < -0.4 is 10.6 Å². The lowest BCUT2D eigenvalue weighted by Gasteiger charge is -2.25. The average molecular weight is 396 g/mol. The number of nitrogens with zero attached hydrogens (tertiary/aromatic N) is 2. The van der Waals surface area contributed by atoms with Crippen LogP contribution in [0.15, 0.2) is 42.5 Å². The van der Waals surface area contributed by atoms with Gasteiger partial charge in [0, 0.05) is 35.8 Å². The maximum absolute atomic E-state index is 13.9. The van der Waals surface area contributed by atoms with Crippen LogP contribution in [0.3, 0.4) is 0 Å². The van der Waals surface area contributed by atoms with E-state index in [4.69, 9.17) is 17.3 Å². The second kappa shape index (κ2) is 9.43. The Balaban J connectivity index is 2.12. The van der Waals surface area contributed by atoms with Crippen molar-refractivity contribution in [1.82, 2.24) is 4.90 Å². The summed E-state index contributed by atoms with van der Waals surface area (Å²) < 4.78 is 27.1. The molecule has 0 saturated carbocycles. The summed E-state index contributed by atoms with van der Waals surface area (Å²) >= 11 is 6.02. The number of amides is 2. The molecule has 144 valence electrons. The molecule has 5 nitrogen and oxygen atoms in total. The highest BCUT2D eigenvalue weighted by atomic mass is 35.5. The third kappa shape index (κ3) is 6.01. The number of hydrogen-bond acceptors (Lipinski definition) is 3. The highest BCUT2D eigenvalue weighted by molar-refractivity contribution is 6.31. The summed E-state index contributed by atoms with van der Waals surface area (Å²) in [6.45, 7) is 0.138. The van der Waals surface area contributed by atoms with Gasteiger partial charge in [-0.2, -0.15) is 0 Å². The van der Waals surface area contributed by atoms with Crippen LogP contribution in [-0.4, -0.2) is 36.9 Å². The summed E-state index contributed by atoms with van der Waals surface area (Å²) in [4.78, 5) is 26.8. The summed E-state index contributed by atoms with van der Waals surface area (Å²) in [5.41, 5.74) is 5.91. The summed E-state index contributed by atoms with van der Waals surface area (Å²) in [6.07, 6.45) is -0.0357. The molecule has 2 rings (SSSR count). The van der Waals surface area contributed by atoms with Crippen LogP contribution in [0.1, 0.15) is 12.0 Å². The molecule has 0 saturated heterocycles. The van der Waals surface area contributed by atoms with Crippen LogP contribution in [0.25, 0.3) is 0 Å². The minimum Gasteiger partial charge on any atom is -0.370 e. The maximum atomic E-state index is 13.9. The Labute approximate surface area is 161 Å². The minimum atomic E-state index is -0.554. The number of halogens is 3. The number of carbonyl (C=O) groups is 2. The molecule has 0 fully saturated rings. The molecule has 2 aromatic carbocycles. The summed E-state index contributed by atoms with van der Waals surface area (Å²) in [5, 5.41) is 0.276. The van der Waals surface area contributed by atoms with Crippen molar-refractivity contribution in [3.63, 3.8) is 0 Å². The van der Waals surface area contributed by atoms with E-state index < -0.39 is 17.5 Å². The molecular weight excluding hydrogens is 376 g/mol. The SMILES string of the molecule is CN(CC(=O)N(CCC(N)=O)c1ccc(F)cc1)Cc1c(F)cccc1Cl. The second-order valence-electron chi connectivity index (χ2n) is 6.11. The van der Waals surface area contributed by atoms with Crippen molar-refractivity contribution >= 4 is 29.1 Å². The van der Waals surface area contributed by atoms with Gasteiger partial charge in [-0.3, -0.25) is 14.5 Å². The third-order valence-corrected chi connectivity index (χ3v) is 4.27. The number of carbonyl (C=O) groups excluding carboxylic acids is 2. The first-order valence-electron chi connectivity index (χ1n) is 8.23. The molecular formula is C19H20ClF2N3O2. The second-order valence-corrected chi connectivity index (χ2v) is 6.52. The normalized spacial score (nSPS) is 10.9. The molecule has 0 spiro atoms. The number of benzene rings is 2. The van der Waals surface area contributed by atoms with Gasteiger partial charge in [-0.05, 0) is 43.4 Å². The molecule has 0 radical (unpaired) electrons. The minimum absolute atomic E-state index is 0.0357. The fourth-order valence-corrected chi connectivity index (χ4v) is 2.79. The maximum Gasteiger partial charge on any atom is 0.241 e. The van der Waals surface area contributed by atoms with Gasteiger partial charge >= 0.3 is 0 Å². The van der Waals surface area contributed by atoms with Crippen molar-refractivity contribution in [3.8, 4) is 0 Å². The van der Waals surface area contributed by atoms with E-state index >= 15 is 0 Å². The zero-order valence-electron chi connectivity index (χ0n) is 14.8. The quantitative estimate of drug-likeness (QED) is 0.747. The molecule has 27 heavy (non-hydrogen) atoms. The van der Waals surface area contributed by atoms with Crippen molar-refractivity contribution in [3.05, 3.63) is 64.7 Å². The summed E-state index contributed by atoms with van der Waals surface area (Å²) in [7, 11) is 1.65. The van der Waals surface area contributed by atoms with Crippen molar-refractivity contribution < 1.29 is 18.4 Å². The van der Waals surface area contributed by atoms with Gasteiger partial charge in [-0.25, -0.2) is 8.78 Å². The first kappa shape index (κ1) is 20.8. The molecule has 2 aromatic rings. The Hall–Kier alpha value is -2.51. The van der Waals surface area contributed by atoms with Crippen molar-refractivity contribution in [2.75, 3.05) is 25.0 Å². The van der Waals surface area contributed by atoms with Crippen molar-refractivity contribution in [2.24, 2.45) is 5.73 Å². The van der Waals surface area contributed by atoms with Gasteiger partial charge in [0.2, 0.25) is 11.8 Å². The topological polar surface area (TPSA) is 66.6 Å². The Bertz CT molecular complexity index is 795. The molecule has 2 amide bonds. The monoisotopic (exact) mass is 395 g/mol. The van der Waals surface area contributed by atoms with E-state index in [1.54, 1.807) is 18.0 Å². The van der Waals surface area contributed by atoms with Crippen molar-refractivity contribution in [1.29, 1.82) is 0 Å². The van der Waals surface area contributed by atoms with E-state index in [2.05, 4.69) is 0 Å². The highest BCUT2D eigenvalue weighted by Crippen LogP contribution is 2.21. The van der Waals surface area contributed by atoms with Crippen LogP contribution in [0, 0.1) is 11.6 Å². The molecule has 0 aliphatic rings. The predicted octanol–water partition coefficient (Wildman–Crippen LogP) is 2.96. The van der Waals surface area contributed by atoms with E-state index in [1.165, 1.54) is 41.3 Å². The fourth-order valence-electron chi connectivity index (χ4n) is 2.57. The molecule has 0 unspecified atom stereocenters. The number of anilines is 1. The molecule has 0 aromatic heterocycles.